The molecule has 0 aliphatic rings. The van der Waals surface area contributed by atoms with Gasteiger partial charge in [0.25, 0.3) is 0 Å². The summed E-state index contributed by atoms with van der Waals surface area (Å²) in [5.41, 5.74) is 0. The maximum absolute atomic E-state index is 9.63. The fourth-order valence-corrected chi connectivity index (χ4v) is 1.30. The van der Waals surface area contributed by atoms with E-state index in [0.29, 0.717) is 0 Å². The van der Waals surface area contributed by atoms with Gasteiger partial charge in [0.15, 0.2) is 5.34 Å². The molecule has 0 fully saturated rings. The van der Waals surface area contributed by atoms with Gasteiger partial charge in [-0.25, -0.2) is 0 Å². The van der Waals surface area contributed by atoms with Crippen LogP contribution in [0.4, 0.5) is 0 Å². The fourth-order valence-electron chi connectivity index (χ4n) is 0.804. The van der Waals surface area contributed by atoms with Crippen molar-refractivity contribution < 1.29 is 4.84 Å². The van der Waals surface area contributed by atoms with E-state index in [0.717, 1.165) is 12.8 Å². The van der Waals surface area contributed by atoms with Gasteiger partial charge in [-0.2, -0.15) is 11.8 Å². The minimum absolute atomic E-state index is 0.0191. The Morgan fingerprint density at radius 3 is 2.82 bits per heavy atom. The molecule has 0 saturated carbocycles. The van der Waals surface area contributed by atoms with Crippen molar-refractivity contribution in [2.75, 3.05) is 12.0 Å². The normalized spacial score (nSPS) is 12.5. The van der Waals surface area contributed by atoms with Gasteiger partial charge in [0.1, 0.15) is 6.10 Å². The van der Waals surface area contributed by atoms with Crippen LogP contribution >= 0.6 is 11.8 Å². The summed E-state index contributed by atoms with van der Waals surface area (Å²) in [6.45, 7) is 1.86. The van der Waals surface area contributed by atoms with Gasteiger partial charge in [0.05, 0.1) is 0 Å². The van der Waals surface area contributed by atoms with Crippen molar-refractivity contribution in [1.82, 2.24) is 0 Å². The van der Waals surface area contributed by atoms with E-state index >= 15 is 0 Å². The predicted molar refractivity (Wildman–Crippen MR) is 48.6 cm³/mol. The summed E-state index contributed by atoms with van der Waals surface area (Å²) < 4.78 is 0. The molecule has 0 amide bonds. The largest absolute Gasteiger partial charge is 0.361 e. The van der Waals surface area contributed by atoms with Crippen LogP contribution in [-0.4, -0.2) is 18.1 Å². The van der Waals surface area contributed by atoms with Gasteiger partial charge in [-0.1, -0.05) is 0 Å². The smallest absolute Gasteiger partial charge is 0.155 e. The molecule has 0 aromatic carbocycles. The highest BCUT2D eigenvalue weighted by Gasteiger charge is 2.01. The van der Waals surface area contributed by atoms with E-state index in [1.807, 2.05) is 18.7 Å². The molecule has 0 aliphatic carbocycles. The maximum atomic E-state index is 9.63. The molecule has 3 nitrogen and oxygen atoms in total. The van der Waals surface area contributed by atoms with E-state index in [2.05, 4.69) is 16.4 Å². The quantitative estimate of drug-likeness (QED) is 0.341. The molecule has 0 rings (SSSR count). The number of rotatable bonds is 7. The van der Waals surface area contributed by atoms with Crippen LogP contribution in [0.1, 0.15) is 26.2 Å². The van der Waals surface area contributed by atoms with Gasteiger partial charge >= 0.3 is 0 Å². The van der Waals surface area contributed by atoms with E-state index in [1.165, 1.54) is 12.2 Å². The molecule has 1 atom stereocenters. The molecule has 66 valence electrons. The van der Waals surface area contributed by atoms with Crippen LogP contribution < -0.4 is 0 Å². The minimum Gasteiger partial charge on any atom is -0.361 e. The van der Waals surface area contributed by atoms with Crippen molar-refractivity contribution in [1.29, 1.82) is 0 Å². The van der Waals surface area contributed by atoms with E-state index in [1.54, 1.807) is 0 Å². The van der Waals surface area contributed by atoms with Crippen molar-refractivity contribution in [3.05, 3.63) is 4.91 Å². The molecule has 0 radical (unpaired) electrons. The predicted octanol–water partition coefficient (Wildman–Crippen LogP) is 2.61. The number of hydrogen-bond acceptors (Lipinski definition) is 4. The number of thioether (sulfide) groups is 1. The zero-order valence-corrected chi connectivity index (χ0v) is 7.89. The van der Waals surface area contributed by atoms with Crippen LogP contribution in [0.25, 0.3) is 0 Å². The molecular formula is C7H15NO2S. The van der Waals surface area contributed by atoms with Crippen LogP contribution in [-0.2, 0) is 4.84 Å². The van der Waals surface area contributed by atoms with Gasteiger partial charge in [0, 0.05) is 0 Å². The van der Waals surface area contributed by atoms with Crippen molar-refractivity contribution >= 4 is 11.8 Å². The summed E-state index contributed by atoms with van der Waals surface area (Å²) in [7, 11) is 0. The monoisotopic (exact) mass is 177 g/mol. The molecule has 0 spiro atoms. The lowest BCUT2D eigenvalue weighted by molar-refractivity contribution is 0.0611. The second-order valence-electron chi connectivity index (χ2n) is 2.48. The first-order valence-electron chi connectivity index (χ1n) is 3.78. The third-order valence-electron chi connectivity index (χ3n) is 1.43. The van der Waals surface area contributed by atoms with E-state index in [9.17, 15) is 4.91 Å². The summed E-state index contributed by atoms with van der Waals surface area (Å²) in [5.74, 6) is 1.18. The number of unbranched alkanes of at least 4 members (excludes halogenated alkanes) is 1. The molecule has 0 N–H and O–H groups in total. The summed E-state index contributed by atoms with van der Waals surface area (Å²) in [4.78, 5) is 14.1. The van der Waals surface area contributed by atoms with Gasteiger partial charge in [-0.3, -0.25) is 0 Å². The van der Waals surface area contributed by atoms with Crippen LogP contribution in [0.3, 0.4) is 0 Å². The zero-order valence-electron chi connectivity index (χ0n) is 7.08. The van der Waals surface area contributed by atoms with Crippen molar-refractivity contribution in [2.45, 2.75) is 32.3 Å². The molecule has 1 unspecified atom stereocenters. The molecule has 11 heavy (non-hydrogen) atoms. The lowest BCUT2D eigenvalue weighted by Crippen LogP contribution is -2.03. The summed E-state index contributed by atoms with van der Waals surface area (Å²) in [6, 6.07) is 0. The van der Waals surface area contributed by atoms with Gasteiger partial charge in [-0.15, -0.1) is 4.91 Å². The molecular weight excluding hydrogens is 162 g/mol. The Bertz CT molecular complexity index is 100. The average Bonchev–Trinajstić information content (AvgIpc) is 1.99. The highest BCUT2D eigenvalue weighted by molar-refractivity contribution is 7.98. The summed E-state index contributed by atoms with van der Waals surface area (Å²) >= 11 is 1.84. The zero-order chi connectivity index (χ0) is 8.53. The maximum Gasteiger partial charge on any atom is 0.155 e. The van der Waals surface area contributed by atoms with Crippen LogP contribution in [0.5, 0.6) is 0 Å². The van der Waals surface area contributed by atoms with Crippen LogP contribution in [0, 0.1) is 4.91 Å². The van der Waals surface area contributed by atoms with Gasteiger partial charge in [-0.05, 0) is 38.2 Å². The van der Waals surface area contributed by atoms with Crippen molar-refractivity contribution in [2.24, 2.45) is 5.34 Å². The topological polar surface area (TPSA) is 38.7 Å². The molecule has 0 aromatic rings. The number of hydrogen-bond donors (Lipinski definition) is 0. The molecule has 0 aliphatic heterocycles. The van der Waals surface area contributed by atoms with E-state index in [4.69, 9.17) is 0 Å². The Kier molecular flexibility index (Phi) is 7.67. The lowest BCUT2D eigenvalue weighted by Gasteiger charge is -2.05. The second kappa shape index (κ2) is 7.85. The molecule has 0 bridgehead atoms. The molecule has 0 saturated heterocycles. The van der Waals surface area contributed by atoms with Gasteiger partial charge in [0.2, 0.25) is 0 Å². The molecule has 0 aromatic heterocycles. The first-order valence-corrected chi connectivity index (χ1v) is 5.18. The Morgan fingerprint density at radius 1 is 1.55 bits per heavy atom. The third kappa shape index (κ3) is 7.65. The highest BCUT2D eigenvalue weighted by Crippen LogP contribution is 2.07. The van der Waals surface area contributed by atoms with Crippen LogP contribution in [0.15, 0.2) is 5.34 Å². The molecule has 0 heterocycles. The van der Waals surface area contributed by atoms with Crippen LogP contribution in [0.2, 0.25) is 0 Å². The first-order chi connectivity index (χ1) is 5.31. The summed E-state index contributed by atoms with van der Waals surface area (Å²) in [5, 5.41) is 2.38. The highest BCUT2D eigenvalue weighted by atomic mass is 32.2. The lowest BCUT2D eigenvalue weighted by atomic mass is 10.2. The number of nitrogens with zero attached hydrogens (tertiary/aromatic N) is 1. The fraction of sp³-hybridized carbons (Fsp3) is 1.00. The average molecular weight is 177 g/mol. The van der Waals surface area contributed by atoms with Crippen molar-refractivity contribution in [3.63, 3.8) is 0 Å². The van der Waals surface area contributed by atoms with E-state index in [-0.39, 0.29) is 6.10 Å². The summed E-state index contributed by atoms with van der Waals surface area (Å²) in [6.07, 6.45) is 5.29. The SMILES string of the molecule is CSCCCCC(C)ON=O. The van der Waals surface area contributed by atoms with Crippen molar-refractivity contribution in [3.8, 4) is 0 Å². The Balaban J connectivity index is 3.03. The third-order valence-corrected chi connectivity index (χ3v) is 2.13. The van der Waals surface area contributed by atoms with Gasteiger partial charge < -0.3 is 4.84 Å². The van der Waals surface area contributed by atoms with E-state index < -0.39 is 0 Å². The minimum atomic E-state index is -0.0191. The standard InChI is InChI=1S/C7H15NO2S/c1-7(10-8-9)5-3-4-6-11-2/h7H,3-6H2,1-2H3. The Morgan fingerprint density at radius 2 is 2.27 bits per heavy atom. The Hall–Kier alpha value is -0.250. The second-order valence-corrected chi connectivity index (χ2v) is 3.46. The Labute approximate surface area is 71.8 Å². The molecule has 4 heteroatoms. The first kappa shape index (κ1) is 10.8.